The fraction of sp³-hybridized carbons (Fsp3) is 0.105. The smallest absolute Gasteiger partial charge is 0.423 e. The molecule has 4 heterocycles. The number of halogens is 5. The molecule has 0 aliphatic rings. The molecule has 284 valence electrons. The van der Waals surface area contributed by atoms with Crippen molar-refractivity contribution in [3.8, 4) is 11.4 Å². The molecule has 8 rings (SSSR count). The third-order valence-corrected chi connectivity index (χ3v) is 8.60. The summed E-state index contributed by atoms with van der Waals surface area (Å²) in [6.45, 7) is 3.88. The first-order valence-corrected chi connectivity index (χ1v) is 17.8. The molecule has 0 aliphatic carbocycles. The van der Waals surface area contributed by atoms with Crippen molar-refractivity contribution in [3.63, 3.8) is 0 Å². The van der Waals surface area contributed by atoms with E-state index in [1.54, 1.807) is 54.1 Å². The van der Waals surface area contributed by atoms with Crippen LogP contribution in [0.15, 0.2) is 97.6 Å². The van der Waals surface area contributed by atoms with Gasteiger partial charge < -0.3 is 29.8 Å². The number of hydrogen-bond donors (Lipinski definition) is 4. The minimum Gasteiger partial charge on any atom is -0.423 e. The van der Waals surface area contributed by atoms with Crippen LogP contribution in [0, 0.1) is 40.9 Å². The van der Waals surface area contributed by atoms with E-state index in [0.717, 1.165) is 16.7 Å². The van der Waals surface area contributed by atoms with Crippen LogP contribution < -0.4 is 16.1 Å². The largest absolute Gasteiger partial charge is 0.488 e. The maximum Gasteiger partial charge on any atom is 0.488 e. The Hall–Kier alpha value is -5.99. The third kappa shape index (κ3) is 9.10. The van der Waals surface area contributed by atoms with E-state index >= 15 is 0 Å². The van der Waals surface area contributed by atoms with E-state index in [-0.39, 0.29) is 23.0 Å². The SMILES string of the molecule is Cc1cccc(-c2nc(Nc3c(F)cccc3F)c3ncn(C)c3n2)c1.Cc1cccc(B(O)O)c1.Cn1cnc2c(Nc3c(F)cccc3F)nc(I)nc21. The van der Waals surface area contributed by atoms with Crippen LogP contribution in [0.25, 0.3) is 33.7 Å². The molecule has 0 saturated heterocycles. The Morgan fingerprint density at radius 1 is 0.607 bits per heavy atom. The highest BCUT2D eigenvalue weighted by Gasteiger charge is 2.18. The van der Waals surface area contributed by atoms with Crippen LogP contribution in [-0.2, 0) is 14.1 Å². The average Bonchev–Trinajstić information content (AvgIpc) is 3.73. The van der Waals surface area contributed by atoms with Crippen LogP contribution in [0.2, 0.25) is 0 Å². The second kappa shape index (κ2) is 17.2. The molecule has 0 unspecified atom stereocenters. The second-order valence-electron chi connectivity index (χ2n) is 12.4. The number of rotatable bonds is 6. The Labute approximate surface area is 331 Å². The van der Waals surface area contributed by atoms with Crippen LogP contribution in [0.5, 0.6) is 0 Å². The summed E-state index contributed by atoms with van der Waals surface area (Å²) in [4.78, 5) is 25.8. The Balaban J connectivity index is 0.000000156. The van der Waals surface area contributed by atoms with E-state index in [0.29, 0.717) is 37.4 Å². The molecule has 0 radical (unpaired) electrons. The fourth-order valence-corrected chi connectivity index (χ4v) is 5.85. The van der Waals surface area contributed by atoms with Gasteiger partial charge in [-0.1, -0.05) is 65.7 Å². The third-order valence-electron chi connectivity index (χ3n) is 8.12. The van der Waals surface area contributed by atoms with Gasteiger partial charge in [0.2, 0.25) is 0 Å². The first-order valence-electron chi connectivity index (χ1n) is 16.7. The number of nitrogens with one attached hydrogen (secondary N) is 2. The maximum absolute atomic E-state index is 14.0. The summed E-state index contributed by atoms with van der Waals surface area (Å²) in [5, 5.41) is 22.8. The van der Waals surface area contributed by atoms with Gasteiger partial charge >= 0.3 is 7.12 Å². The predicted octanol–water partition coefficient (Wildman–Crippen LogP) is 7.03. The number of aryl methyl sites for hydroxylation is 4. The molecule has 0 atom stereocenters. The summed E-state index contributed by atoms with van der Waals surface area (Å²) in [6.07, 6.45) is 3.15. The molecular formula is C38H32BF4IN10O2. The van der Waals surface area contributed by atoms with Crippen molar-refractivity contribution in [1.29, 1.82) is 0 Å². The van der Waals surface area contributed by atoms with E-state index < -0.39 is 30.4 Å². The van der Waals surface area contributed by atoms with Gasteiger partial charge in [-0.25, -0.2) is 47.5 Å². The Kier molecular flexibility index (Phi) is 12.2. The minimum absolute atomic E-state index is 0.246. The highest BCUT2D eigenvalue weighted by molar-refractivity contribution is 14.1. The molecule has 4 aromatic carbocycles. The monoisotopic (exact) mass is 874 g/mol. The molecule has 0 aliphatic heterocycles. The maximum atomic E-state index is 14.0. The highest BCUT2D eigenvalue weighted by Crippen LogP contribution is 2.29. The summed E-state index contributed by atoms with van der Waals surface area (Å²) in [5.74, 6) is -1.83. The van der Waals surface area contributed by atoms with Crippen molar-refractivity contribution in [3.05, 3.63) is 136 Å². The van der Waals surface area contributed by atoms with Gasteiger partial charge in [0.15, 0.2) is 43.6 Å². The van der Waals surface area contributed by atoms with Gasteiger partial charge in [-0.05, 0) is 49.6 Å². The van der Waals surface area contributed by atoms with E-state index in [1.165, 1.54) is 36.4 Å². The average molecular weight is 874 g/mol. The molecular weight excluding hydrogens is 842 g/mol. The van der Waals surface area contributed by atoms with Gasteiger partial charge in [0, 0.05) is 42.2 Å². The Morgan fingerprint density at radius 2 is 1.07 bits per heavy atom. The van der Waals surface area contributed by atoms with Crippen molar-refractivity contribution in [2.75, 3.05) is 10.6 Å². The van der Waals surface area contributed by atoms with Gasteiger partial charge in [0.1, 0.15) is 34.6 Å². The zero-order valence-electron chi connectivity index (χ0n) is 30.2. The molecule has 0 saturated carbocycles. The van der Waals surface area contributed by atoms with E-state index in [9.17, 15) is 17.6 Å². The lowest BCUT2D eigenvalue weighted by Gasteiger charge is -2.10. The van der Waals surface area contributed by atoms with Crippen molar-refractivity contribution in [2.45, 2.75) is 13.8 Å². The van der Waals surface area contributed by atoms with Gasteiger partial charge in [-0.3, -0.25) is 0 Å². The molecule has 0 fully saturated rings. The zero-order chi connectivity index (χ0) is 40.1. The van der Waals surface area contributed by atoms with E-state index in [2.05, 4.69) is 40.5 Å². The number of imidazole rings is 2. The Bertz CT molecular complexity index is 2640. The van der Waals surface area contributed by atoms with E-state index in [1.807, 2.05) is 66.8 Å². The number of nitrogens with zero attached hydrogens (tertiary/aromatic N) is 8. The standard InChI is InChI=1S/C19H15F2N5.C12H8F2IN5.C7H9BO2/c1-11-5-3-6-12(9-11)17-24-18(16-19(25-17)26(2)10-22-16)23-15-13(20)7-4-8-14(15)21;1-20-5-16-9-10(18-12(15)19-11(9)20)17-8-6(13)3-2-4-7(8)14;1-6-3-2-4-7(5-6)8(9)10/h3-10H,1-2H3,(H,23,24,25);2-5H,1H3,(H,17,18,19);2-5,9-10H,1H3. The lowest BCUT2D eigenvalue weighted by Crippen LogP contribution is -2.29. The van der Waals surface area contributed by atoms with Crippen LogP contribution in [0.1, 0.15) is 11.1 Å². The molecule has 12 nitrogen and oxygen atoms in total. The number of para-hydroxylation sites is 2. The van der Waals surface area contributed by atoms with Crippen LogP contribution >= 0.6 is 22.6 Å². The topological polar surface area (TPSA) is 152 Å². The number of anilines is 4. The molecule has 0 bridgehead atoms. The molecule has 18 heteroatoms. The van der Waals surface area contributed by atoms with Crippen molar-refractivity contribution >= 4 is 80.5 Å². The quantitative estimate of drug-likeness (QED) is 0.0594. The summed E-state index contributed by atoms with van der Waals surface area (Å²) in [6, 6.07) is 22.2. The molecule has 4 N–H and O–H groups in total. The first-order chi connectivity index (χ1) is 26.8. The number of aromatic nitrogens is 8. The van der Waals surface area contributed by atoms with Gasteiger partial charge in [-0.15, -0.1) is 0 Å². The lowest BCUT2D eigenvalue weighted by atomic mass is 9.80. The lowest BCUT2D eigenvalue weighted by molar-refractivity contribution is 0.425. The molecule has 0 spiro atoms. The van der Waals surface area contributed by atoms with Gasteiger partial charge in [0.25, 0.3) is 0 Å². The number of benzene rings is 4. The number of hydrogen-bond acceptors (Lipinski definition) is 10. The molecule has 0 amide bonds. The zero-order valence-corrected chi connectivity index (χ0v) is 32.3. The van der Waals surface area contributed by atoms with Crippen molar-refractivity contribution in [1.82, 2.24) is 39.0 Å². The van der Waals surface area contributed by atoms with Crippen molar-refractivity contribution < 1.29 is 27.6 Å². The first kappa shape index (κ1) is 39.7. The summed E-state index contributed by atoms with van der Waals surface area (Å²) < 4.78 is 59.3. The predicted molar refractivity (Wildman–Crippen MR) is 216 cm³/mol. The summed E-state index contributed by atoms with van der Waals surface area (Å²) >= 11 is 1.94. The molecule has 8 aromatic rings. The minimum atomic E-state index is -1.35. The molecule has 4 aromatic heterocycles. The number of fused-ring (bicyclic) bond motifs is 2. The van der Waals surface area contributed by atoms with Gasteiger partial charge in [-0.2, -0.15) is 0 Å². The van der Waals surface area contributed by atoms with Crippen LogP contribution in [0.3, 0.4) is 0 Å². The van der Waals surface area contributed by atoms with E-state index in [4.69, 9.17) is 10.0 Å². The molecule has 56 heavy (non-hydrogen) atoms. The van der Waals surface area contributed by atoms with Crippen LogP contribution in [0.4, 0.5) is 40.6 Å². The van der Waals surface area contributed by atoms with Crippen LogP contribution in [-0.4, -0.2) is 56.2 Å². The summed E-state index contributed by atoms with van der Waals surface area (Å²) in [7, 11) is 2.24. The fourth-order valence-electron chi connectivity index (χ4n) is 5.38. The Morgan fingerprint density at radius 3 is 1.55 bits per heavy atom. The highest BCUT2D eigenvalue weighted by atomic mass is 127. The van der Waals surface area contributed by atoms with Crippen molar-refractivity contribution in [2.24, 2.45) is 14.1 Å². The summed E-state index contributed by atoms with van der Waals surface area (Å²) in [5.41, 5.74) is 4.96. The second-order valence-corrected chi connectivity index (χ2v) is 13.4. The normalized spacial score (nSPS) is 10.8. The van der Waals surface area contributed by atoms with Gasteiger partial charge in [0.05, 0.1) is 12.7 Å².